The number of hydrogen-bond acceptors (Lipinski definition) is 5. The van der Waals surface area contributed by atoms with E-state index in [1.807, 2.05) is 13.8 Å². The fourth-order valence-corrected chi connectivity index (χ4v) is 2.94. The monoisotopic (exact) mass is 375 g/mol. The molecule has 0 fully saturated rings. The highest BCUT2D eigenvalue weighted by Gasteiger charge is 2.22. The maximum absolute atomic E-state index is 12.6. The number of aliphatic carboxylic acids is 1. The summed E-state index contributed by atoms with van der Waals surface area (Å²) in [5.74, 6) is -1.97. The van der Waals surface area contributed by atoms with Crippen LogP contribution in [0.1, 0.15) is 42.0 Å². The predicted molar refractivity (Wildman–Crippen MR) is 99.3 cm³/mol. The second-order valence-corrected chi connectivity index (χ2v) is 6.99. The zero-order valence-electron chi connectivity index (χ0n) is 16.2. The second kappa shape index (κ2) is 8.15. The fourth-order valence-electron chi connectivity index (χ4n) is 2.94. The first kappa shape index (κ1) is 20.3. The van der Waals surface area contributed by atoms with Crippen LogP contribution >= 0.6 is 0 Å². The minimum absolute atomic E-state index is 0.114. The van der Waals surface area contributed by atoms with Crippen molar-refractivity contribution in [2.45, 2.75) is 40.2 Å². The van der Waals surface area contributed by atoms with E-state index in [-0.39, 0.29) is 12.5 Å². The number of carbonyl (C=O) groups excluding carboxylic acids is 2. The number of fused-ring (bicyclic) bond motifs is 1. The van der Waals surface area contributed by atoms with Gasteiger partial charge in [0.2, 0.25) is 5.91 Å². The van der Waals surface area contributed by atoms with Crippen molar-refractivity contribution in [2.24, 2.45) is 13.0 Å². The molecule has 27 heavy (non-hydrogen) atoms. The lowest BCUT2D eigenvalue weighted by atomic mass is 10.0. The number of amides is 2. The van der Waals surface area contributed by atoms with Crippen LogP contribution in [0.25, 0.3) is 11.0 Å². The molecule has 3 N–H and O–H groups in total. The number of aromatic nitrogens is 3. The molecule has 0 spiro atoms. The van der Waals surface area contributed by atoms with Crippen LogP contribution in [0.4, 0.5) is 0 Å². The van der Waals surface area contributed by atoms with Crippen molar-refractivity contribution in [3.05, 3.63) is 23.0 Å². The summed E-state index contributed by atoms with van der Waals surface area (Å²) >= 11 is 0. The molecular formula is C18H25N5O4. The molecule has 9 nitrogen and oxygen atoms in total. The molecule has 2 heterocycles. The van der Waals surface area contributed by atoms with Gasteiger partial charge in [-0.15, -0.1) is 0 Å². The summed E-state index contributed by atoms with van der Waals surface area (Å²) in [6.45, 7) is 6.98. The molecule has 146 valence electrons. The van der Waals surface area contributed by atoms with Gasteiger partial charge in [-0.3, -0.25) is 14.3 Å². The summed E-state index contributed by atoms with van der Waals surface area (Å²) in [5, 5.41) is 19.1. The van der Waals surface area contributed by atoms with Crippen LogP contribution in [0, 0.1) is 19.8 Å². The molecule has 1 atom stereocenters. The molecule has 2 aromatic heterocycles. The van der Waals surface area contributed by atoms with Crippen molar-refractivity contribution >= 4 is 28.8 Å². The van der Waals surface area contributed by atoms with Gasteiger partial charge in [-0.25, -0.2) is 9.78 Å². The third kappa shape index (κ3) is 4.81. The van der Waals surface area contributed by atoms with Gasteiger partial charge in [-0.1, -0.05) is 13.8 Å². The van der Waals surface area contributed by atoms with Gasteiger partial charge in [-0.05, 0) is 32.3 Å². The van der Waals surface area contributed by atoms with Crippen LogP contribution in [0.15, 0.2) is 6.07 Å². The Kier molecular flexibility index (Phi) is 6.14. The number of nitrogens with one attached hydrogen (secondary N) is 2. The van der Waals surface area contributed by atoms with E-state index in [0.29, 0.717) is 34.4 Å². The molecule has 0 radical (unpaired) electrons. The number of hydrogen-bond donors (Lipinski definition) is 3. The van der Waals surface area contributed by atoms with Gasteiger partial charge in [-0.2, -0.15) is 5.10 Å². The Hall–Kier alpha value is -2.97. The summed E-state index contributed by atoms with van der Waals surface area (Å²) in [6.07, 6.45) is 0.314. The van der Waals surface area contributed by atoms with E-state index in [9.17, 15) is 19.5 Å². The standard InChI is InChI=1S/C18H25N5O4/c1-9(2)6-13(18(26)27)21-14(24)8-19-17(25)12-7-10(3)20-16-15(12)11(4)22-23(16)5/h7,9,13H,6,8H2,1-5H3,(H,19,25)(H,21,24)(H,26,27)/t13-/m0/s1. The summed E-state index contributed by atoms with van der Waals surface area (Å²) < 4.78 is 1.60. The predicted octanol–water partition coefficient (Wildman–Crippen LogP) is 0.930. The van der Waals surface area contributed by atoms with Gasteiger partial charge >= 0.3 is 5.97 Å². The van der Waals surface area contributed by atoms with Crippen molar-refractivity contribution in [2.75, 3.05) is 6.54 Å². The van der Waals surface area contributed by atoms with Gasteiger partial charge in [0.15, 0.2) is 5.65 Å². The molecule has 0 bridgehead atoms. The highest BCUT2D eigenvalue weighted by atomic mass is 16.4. The lowest BCUT2D eigenvalue weighted by molar-refractivity contribution is -0.142. The Balaban J connectivity index is 2.11. The largest absolute Gasteiger partial charge is 0.480 e. The summed E-state index contributed by atoms with van der Waals surface area (Å²) in [5.41, 5.74) is 2.29. The highest BCUT2D eigenvalue weighted by molar-refractivity contribution is 6.07. The van der Waals surface area contributed by atoms with Crippen molar-refractivity contribution in [3.63, 3.8) is 0 Å². The van der Waals surface area contributed by atoms with E-state index in [4.69, 9.17) is 0 Å². The number of rotatable bonds is 7. The molecule has 0 unspecified atom stereocenters. The zero-order chi connectivity index (χ0) is 20.3. The average Bonchev–Trinajstić information content (AvgIpc) is 2.85. The second-order valence-electron chi connectivity index (χ2n) is 6.99. The van der Waals surface area contributed by atoms with Gasteiger partial charge in [0.05, 0.1) is 23.2 Å². The summed E-state index contributed by atoms with van der Waals surface area (Å²) in [4.78, 5) is 40.3. The number of carboxylic acid groups (broad SMARTS) is 1. The van der Waals surface area contributed by atoms with Gasteiger partial charge in [0.25, 0.3) is 5.91 Å². The van der Waals surface area contributed by atoms with E-state index in [2.05, 4.69) is 20.7 Å². The molecule has 0 aromatic carbocycles. The first-order valence-corrected chi connectivity index (χ1v) is 8.71. The Morgan fingerprint density at radius 2 is 1.93 bits per heavy atom. The SMILES string of the molecule is Cc1cc(C(=O)NCC(=O)N[C@@H](CC(C)C)C(=O)O)c2c(C)nn(C)c2n1. The summed E-state index contributed by atoms with van der Waals surface area (Å²) in [6, 6.07) is 0.660. The van der Waals surface area contributed by atoms with Gasteiger partial charge in [0, 0.05) is 12.7 Å². The van der Waals surface area contributed by atoms with Crippen molar-refractivity contribution < 1.29 is 19.5 Å². The van der Waals surface area contributed by atoms with Crippen molar-refractivity contribution in [1.29, 1.82) is 0 Å². The number of nitrogens with zero attached hydrogens (tertiary/aromatic N) is 3. The Morgan fingerprint density at radius 3 is 2.52 bits per heavy atom. The quantitative estimate of drug-likeness (QED) is 0.661. The molecule has 0 saturated carbocycles. The number of pyridine rings is 1. The van der Waals surface area contributed by atoms with Crippen LogP contribution < -0.4 is 10.6 Å². The van der Waals surface area contributed by atoms with Crippen molar-refractivity contribution in [1.82, 2.24) is 25.4 Å². The van der Waals surface area contributed by atoms with Crippen LogP contribution in [0.5, 0.6) is 0 Å². The van der Waals surface area contributed by atoms with Crippen LogP contribution in [0.2, 0.25) is 0 Å². The third-order valence-corrected chi connectivity index (χ3v) is 4.09. The lowest BCUT2D eigenvalue weighted by Crippen LogP contribution is -2.46. The number of carboxylic acids is 1. The van der Waals surface area contributed by atoms with Gasteiger partial charge in [0.1, 0.15) is 6.04 Å². The minimum Gasteiger partial charge on any atom is -0.480 e. The maximum atomic E-state index is 12.6. The number of aryl methyl sites for hydroxylation is 3. The first-order chi connectivity index (χ1) is 12.6. The van der Waals surface area contributed by atoms with Crippen LogP contribution in [-0.4, -0.2) is 50.2 Å². The van der Waals surface area contributed by atoms with E-state index in [0.717, 1.165) is 0 Å². The van der Waals surface area contributed by atoms with Crippen molar-refractivity contribution in [3.8, 4) is 0 Å². The molecule has 0 aliphatic heterocycles. The Bertz CT molecular complexity index is 887. The normalized spacial score (nSPS) is 12.2. The van der Waals surface area contributed by atoms with E-state index in [1.165, 1.54) is 0 Å². The molecule has 2 rings (SSSR count). The smallest absolute Gasteiger partial charge is 0.326 e. The minimum atomic E-state index is -1.10. The van der Waals surface area contributed by atoms with Crippen LogP contribution in [0.3, 0.4) is 0 Å². The zero-order valence-corrected chi connectivity index (χ0v) is 16.2. The highest BCUT2D eigenvalue weighted by Crippen LogP contribution is 2.21. The molecular weight excluding hydrogens is 350 g/mol. The summed E-state index contributed by atoms with van der Waals surface area (Å²) in [7, 11) is 1.75. The van der Waals surface area contributed by atoms with E-state index in [1.54, 1.807) is 31.6 Å². The van der Waals surface area contributed by atoms with Crippen LogP contribution in [-0.2, 0) is 16.6 Å². The van der Waals surface area contributed by atoms with E-state index >= 15 is 0 Å². The topological polar surface area (TPSA) is 126 Å². The molecule has 0 saturated heterocycles. The lowest BCUT2D eigenvalue weighted by Gasteiger charge is -2.16. The van der Waals surface area contributed by atoms with Gasteiger partial charge < -0.3 is 15.7 Å². The average molecular weight is 375 g/mol. The maximum Gasteiger partial charge on any atom is 0.326 e. The third-order valence-electron chi connectivity index (χ3n) is 4.09. The van der Waals surface area contributed by atoms with E-state index < -0.39 is 23.8 Å². The molecule has 9 heteroatoms. The Morgan fingerprint density at radius 1 is 1.26 bits per heavy atom. The molecule has 2 amide bonds. The fraction of sp³-hybridized carbons (Fsp3) is 0.500. The number of carbonyl (C=O) groups is 3. The molecule has 2 aromatic rings. The first-order valence-electron chi connectivity index (χ1n) is 8.71. The molecule has 0 aliphatic carbocycles. The molecule has 0 aliphatic rings. The Labute approximate surface area is 157 Å².